The summed E-state index contributed by atoms with van der Waals surface area (Å²) in [6.07, 6.45) is 2.78. The zero-order valence-electron chi connectivity index (χ0n) is 15.4. The van der Waals surface area contributed by atoms with Gasteiger partial charge in [-0.3, -0.25) is 4.79 Å². The molecule has 25 heavy (non-hydrogen) atoms. The van der Waals surface area contributed by atoms with E-state index in [2.05, 4.69) is 53.0 Å². The minimum atomic E-state index is 0.0173. The molecule has 2 N–H and O–H groups in total. The lowest BCUT2D eigenvalue weighted by Gasteiger charge is -2.16. The van der Waals surface area contributed by atoms with E-state index in [1.807, 2.05) is 18.5 Å². The Bertz CT molecular complexity index is 714. The average molecular weight is 340 g/mol. The minimum absolute atomic E-state index is 0.0173. The Balaban J connectivity index is 1.55. The first-order valence-corrected chi connectivity index (χ1v) is 9.16. The third-order valence-corrected chi connectivity index (χ3v) is 4.97. The number of carbonyl (C=O) groups is 1. The van der Waals surface area contributed by atoms with Crippen LogP contribution in [0, 0.1) is 19.8 Å². The predicted molar refractivity (Wildman–Crippen MR) is 99.8 cm³/mol. The molecule has 3 rings (SSSR count). The number of amides is 1. The Morgan fingerprint density at radius 3 is 2.72 bits per heavy atom. The number of nitrogens with one attached hydrogen (secondary N) is 2. The molecule has 2 aromatic rings. The Kier molecular flexibility index (Phi) is 5.53. The van der Waals surface area contributed by atoms with Gasteiger partial charge < -0.3 is 10.6 Å². The molecule has 0 bridgehead atoms. The van der Waals surface area contributed by atoms with Gasteiger partial charge in [-0.2, -0.15) is 5.10 Å². The van der Waals surface area contributed by atoms with Crippen LogP contribution in [-0.2, 0) is 4.79 Å². The molecule has 0 saturated carbocycles. The molecule has 1 aromatic carbocycles. The monoisotopic (exact) mass is 340 g/mol. The van der Waals surface area contributed by atoms with Gasteiger partial charge in [0.1, 0.15) is 0 Å². The molecule has 5 nitrogen and oxygen atoms in total. The van der Waals surface area contributed by atoms with E-state index in [-0.39, 0.29) is 11.9 Å². The minimum Gasteiger partial charge on any atom is -0.350 e. The molecule has 2 heterocycles. The highest BCUT2D eigenvalue weighted by Gasteiger charge is 2.17. The van der Waals surface area contributed by atoms with E-state index in [0.29, 0.717) is 12.3 Å². The zero-order valence-corrected chi connectivity index (χ0v) is 15.4. The van der Waals surface area contributed by atoms with Crippen LogP contribution in [0.2, 0.25) is 0 Å². The van der Waals surface area contributed by atoms with Crippen LogP contribution in [0.1, 0.15) is 49.2 Å². The number of benzene rings is 1. The summed E-state index contributed by atoms with van der Waals surface area (Å²) >= 11 is 0. The molecule has 2 atom stereocenters. The van der Waals surface area contributed by atoms with Gasteiger partial charge in [-0.25, -0.2) is 4.68 Å². The second kappa shape index (κ2) is 7.83. The molecular weight excluding hydrogens is 312 g/mol. The summed E-state index contributed by atoms with van der Waals surface area (Å²) in [5.74, 6) is 0.795. The summed E-state index contributed by atoms with van der Waals surface area (Å²) < 4.78 is 1.94. The van der Waals surface area contributed by atoms with E-state index in [1.54, 1.807) is 0 Å². The highest BCUT2D eigenvalue weighted by Crippen LogP contribution is 2.18. The van der Waals surface area contributed by atoms with Gasteiger partial charge in [0.2, 0.25) is 5.91 Å². The van der Waals surface area contributed by atoms with Crippen molar-refractivity contribution in [1.29, 1.82) is 0 Å². The van der Waals surface area contributed by atoms with Crippen molar-refractivity contribution in [2.24, 2.45) is 5.92 Å². The van der Waals surface area contributed by atoms with E-state index < -0.39 is 0 Å². The third kappa shape index (κ3) is 4.48. The summed E-state index contributed by atoms with van der Waals surface area (Å²) in [5, 5.41) is 11.0. The number of rotatable bonds is 6. The normalized spacial score (nSPS) is 18.3. The van der Waals surface area contributed by atoms with Gasteiger partial charge in [-0.15, -0.1) is 0 Å². The lowest BCUT2D eigenvalue weighted by atomic mass is 10.0. The number of hydrogen-bond acceptors (Lipinski definition) is 3. The van der Waals surface area contributed by atoms with Gasteiger partial charge in [0.05, 0.1) is 17.4 Å². The topological polar surface area (TPSA) is 59.0 Å². The summed E-state index contributed by atoms with van der Waals surface area (Å²) in [6.45, 7) is 8.22. The fourth-order valence-electron chi connectivity index (χ4n) is 3.49. The second-order valence-electron chi connectivity index (χ2n) is 7.12. The van der Waals surface area contributed by atoms with Crippen molar-refractivity contribution in [2.45, 2.75) is 46.1 Å². The Hall–Kier alpha value is -2.14. The van der Waals surface area contributed by atoms with Crippen LogP contribution >= 0.6 is 0 Å². The lowest BCUT2D eigenvalue weighted by molar-refractivity contribution is -0.122. The van der Waals surface area contributed by atoms with Gasteiger partial charge in [-0.05, 0) is 76.4 Å². The molecule has 5 heteroatoms. The van der Waals surface area contributed by atoms with Crippen molar-refractivity contribution in [2.75, 3.05) is 13.1 Å². The summed E-state index contributed by atoms with van der Waals surface area (Å²) in [4.78, 5) is 12.2. The number of aryl methyl sites for hydroxylation is 2. The van der Waals surface area contributed by atoms with Gasteiger partial charge in [0.15, 0.2) is 0 Å². The molecule has 0 spiro atoms. The van der Waals surface area contributed by atoms with Crippen LogP contribution in [0.3, 0.4) is 0 Å². The first-order valence-electron chi connectivity index (χ1n) is 9.16. The molecule has 1 aliphatic rings. The third-order valence-electron chi connectivity index (χ3n) is 4.97. The van der Waals surface area contributed by atoms with Crippen LogP contribution in [0.4, 0.5) is 0 Å². The molecule has 0 aliphatic carbocycles. The van der Waals surface area contributed by atoms with Crippen molar-refractivity contribution in [1.82, 2.24) is 20.4 Å². The van der Waals surface area contributed by atoms with Crippen LogP contribution in [-0.4, -0.2) is 28.8 Å². The quantitative estimate of drug-likeness (QED) is 0.850. The van der Waals surface area contributed by atoms with Gasteiger partial charge in [0.25, 0.3) is 0 Å². The van der Waals surface area contributed by atoms with E-state index >= 15 is 0 Å². The van der Waals surface area contributed by atoms with Crippen molar-refractivity contribution in [3.05, 3.63) is 47.3 Å². The van der Waals surface area contributed by atoms with E-state index in [1.165, 1.54) is 6.42 Å². The Labute approximate surface area is 149 Å². The van der Waals surface area contributed by atoms with Gasteiger partial charge in [-0.1, -0.05) is 12.1 Å². The standard InChI is InChI=1S/C20H28N4O/c1-14-12-15(2)24(23-14)19-7-5-18(6-8-19)16(3)22-20(25)9-4-17-10-11-21-13-17/h5-8,12,16-17,21H,4,9-11,13H2,1-3H3,(H,22,25). The first-order chi connectivity index (χ1) is 12.0. The number of aromatic nitrogens is 2. The molecule has 1 aliphatic heterocycles. The largest absolute Gasteiger partial charge is 0.350 e. The van der Waals surface area contributed by atoms with Crippen LogP contribution < -0.4 is 10.6 Å². The van der Waals surface area contributed by atoms with Gasteiger partial charge in [0, 0.05) is 12.1 Å². The summed E-state index contributed by atoms with van der Waals surface area (Å²) in [7, 11) is 0. The van der Waals surface area contributed by atoms with Crippen LogP contribution in [0.25, 0.3) is 5.69 Å². The van der Waals surface area contributed by atoms with Crippen LogP contribution in [0.5, 0.6) is 0 Å². The van der Waals surface area contributed by atoms with Crippen molar-refractivity contribution >= 4 is 5.91 Å². The fourth-order valence-corrected chi connectivity index (χ4v) is 3.49. The van der Waals surface area contributed by atoms with Crippen molar-refractivity contribution in [3.63, 3.8) is 0 Å². The van der Waals surface area contributed by atoms with Crippen LogP contribution in [0.15, 0.2) is 30.3 Å². The van der Waals surface area contributed by atoms with E-state index in [0.717, 1.165) is 42.1 Å². The highest BCUT2D eigenvalue weighted by atomic mass is 16.1. The van der Waals surface area contributed by atoms with E-state index in [4.69, 9.17) is 0 Å². The molecular formula is C20H28N4O. The molecule has 1 aromatic heterocycles. The maximum absolute atomic E-state index is 12.2. The van der Waals surface area contributed by atoms with Gasteiger partial charge >= 0.3 is 0 Å². The average Bonchev–Trinajstić information content (AvgIpc) is 3.22. The molecule has 1 amide bonds. The Morgan fingerprint density at radius 1 is 1.36 bits per heavy atom. The summed E-state index contributed by atoms with van der Waals surface area (Å²) in [6, 6.07) is 10.3. The predicted octanol–water partition coefficient (Wildman–Crippen LogP) is 3.06. The van der Waals surface area contributed by atoms with E-state index in [9.17, 15) is 4.79 Å². The first kappa shape index (κ1) is 17.7. The SMILES string of the molecule is Cc1cc(C)n(-c2ccc(C(C)NC(=O)CCC3CCNC3)cc2)n1. The van der Waals surface area contributed by atoms with Crippen molar-refractivity contribution < 1.29 is 4.79 Å². The number of hydrogen-bond donors (Lipinski definition) is 2. The van der Waals surface area contributed by atoms with Crippen molar-refractivity contribution in [3.8, 4) is 5.69 Å². The molecule has 0 radical (unpaired) electrons. The fraction of sp³-hybridized carbons (Fsp3) is 0.500. The zero-order chi connectivity index (χ0) is 17.8. The highest BCUT2D eigenvalue weighted by molar-refractivity contribution is 5.76. The molecule has 2 unspecified atom stereocenters. The molecule has 134 valence electrons. The second-order valence-corrected chi connectivity index (χ2v) is 7.12. The molecule has 1 saturated heterocycles. The molecule has 1 fully saturated rings. The maximum Gasteiger partial charge on any atom is 0.220 e. The maximum atomic E-state index is 12.2. The Morgan fingerprint density at radius 2 is 2.12 bits per heavy atom. The number of nitrogens with zero attached hydrogens (tertiary/aromatic N) is 2. The number of carbonyl (C=O) groups excluding carboxylic acids is 1. The smallest absolute Gasteiger partial charge is 0.220 e. The lowest BCUT2D eigenvalue weighted by Crippen LogP contribution is -2.27. The summed E-state index contributed by atoms with van der Waals surface area (Å²) in [5.41, 5.74) is 4.29.